The summed E-state index contributed by atoms with van der Waals surface area (Å²) in [5.74, 6) is 1.52. The molecule has 0 unspecified atom stereocenters. The minimum atomic E-state index is 0.0293. The Morgan fingerprint density at radius 3 is 2.88 bits per heavy atom. The second-order valence-electron chi connectivity index (χ2n) is 6.52. The average Bonchev–Trinajstić information content (AvgIpc) is 3.31. The van der Waals surface area contributed by atoms with Crippen LogP contribution in [0.4, 0.5) is 0 Å². The first-order chi connectivity index (χ1) is 12.7. The molecule has 0 radical (unpaired) electrons. The molecule has 4 aromatic rings. The predicted octanol–water partition coefficient (Wildman–Crippen LogP) is 4.00. The average molecular weight is 383 g/mol. The van der Waals surface area contributed by atoms with E-state index in [-0.39, 0.29) is 5.56 Å². The van der Waals surface area contributed by atoms with Crippen LogP contribution in [0.2, 0.25) is 0 Å². The van der Waals surface area contributed by atoms with Gasteiger partial charge in [0.2, 0.25) is 5.78 Å². The van der Waals surface area contributed by atoms with Gasteiger partial charge >= 0.3 is 0 Å². The second kappa shape index (κ2) is 5.96. The van der Waals surface area contributed by atoms with E-state index in [0.29, 0.717) is 5.78 Å². The Kier molecular flexibility index (Phi) is 3.68. The van der Waals surface area contributed by atoms with Gasteiger partial charge in [-0.15, -0.1) is 21.5 Å². The number of para-hydroxylation sites is 1. The number of nitrogens with zero attached hydrogens (tertiary/aromatic N) is 4. The normalized spacial score (nSPS) is 13.8. The van der Waals surface area contributed by atoms with E-state index in [1.54, 1.807) is 27.7 Å². The molecule has 0 fully saturated rings. The van der Waals surface area contributed by atoms with Crippen LogP contribution in [-0.4, -0.2) is 24.9 Å². The number of aryl methyl sites for hydroxylation is 3. The van der Waals surface area contributed by atoms with E-state index in [1.807, 2.05) is 31.2 Å². The first-order valence-electron chi connectivity index (χ1n) is 8.84. The van der Waals surface area contributed by atoms with Gasteiger partial charge in [0.15, 0.2) is 5.16 Å². The van der Waals surface area contributed by atoms with E-state index in [9.17, 15) is 4.79 Å². The number of benzene rings is 1. The number of hydrogen-bond acceptors (Lipinski definition) is 5. The quantitative estimate of drug-likeness (QED) is 0.503. The van der Waals surface area contributed by atoms with Gasteiger partial charge in [0.05, 0.1) is 11.1 Å². The highest BCUT2D eigenvalue weighted by molar-refractivity contribution is 7.99. The summed E-state index contributed by atoms with van der Waals surface area (Å²) in [5, 5.41) is 10.5. The van der Waals surface area contributed by atoms with Crippen molar-refractivity contribution in [2.24, 2.45) is 0 Å². The third-order valence-electron chi connectivity index (χ3n) is 4.97. The lowest BCUT2D eigenvalue weighted by Crippen LogP contribution is -2.22. The van der Waals surface area contributed by atoms with Crippen LogP contribution in [0.15, 0.2) is 34.2 Å². The Bertz CT molecular complexity index is 1220. The van der Waals surface area contributed by atoms with Crippen molar-refractivity contribution in [3.8, 4) is 5.69 Å². The SMILES string of the molecule is CCSc1nnc2n(-c3ccccc3C)c(=O)c3c4c(sc3n12)CCC4. The molecule has 5 rings (SSSR count). The van der Waals surface area contributed by atoms with Crippen LogP contribution in [0.1, 0.15) is 29.3 Å². The zero-order chi connectivity index (χ0) is 17.8. The molecule has 0 saturated heterocycles. The number of fused-ring (bicyclic) bond motifs is 5. The van der Waals surface area contributed by atoms with Gasteiger partial charge in [-0.3, -0.25) is 4.79 Å². The molecule has 0 amide bonds. The fourth-order valence-electron chi connectivity index (χ4n) is 3.81. The van der Waals surface area contributed by atoms with Gasteiger partial charge in [0.1, 0.15) is 4.83 Å². The number of thiophene rings is 1. The van der Waals surface area contributed by atoms with E-state index in [0.717, 1.165) is 51.6 Å². The maximum Gasteiger partial charge on any atom is 0.268 e. The number of aromatic nitrogens is 4. The zero-order valence-corrected chi connectivity index (χ0v) is 16.3. The lowest BCUT2D eigenvalue weighted by Gasteiger charge is -2.12. The van der Waals surface area contributed by atoms with Gasteiger partial charge in [-0.05, 0) is 49.1 Å². The van der Waals surface area contributed by atoms with Crippen molar-refractivity contribution in [3.05, 3.63) is 50.6 Å². The largest absolute Gasteiger partial charge is 0.268 e. The Balaban J connectivity index is 2.00. The molecule has 3 aromatic heterocycles. The van der Waals surface area contributed by atoms with Crippen LogP contribution in [0.25, 0.3) is 21.7 Å². The number of thioether (sulfide) groups is 1. The molecule has 0 N–H and O–H groups in total. The first-order valence-corrected chi connectivity index (χ1v) is 10.6. The fourth-order valence-corrected chi connectivity index (χ4v) is 5.91. The Morgan fingerprint density at radius 2 is 2.08 bits per heavy atom. The van der Waals surface area contributed by atoms with E-state index in [2.05, 4.69) is 21.5 Å². The summed E-state index contributed by atoms with van der Waals surface area (Å²) in [6.45, 7) is 4.13. The van der Waals surface area contributed by atoms with E-state index in [4.69, 9.17) is 0 Å². The smallest absolute Gasteiger partial charge is 0.268 e. The zero-order valence-electron chi connectivity index (χ0n) is 14.7. The molecular weight excluding hydrogens is 364 g/mol. The molecule has 7 heteroatoms. The maximum atomic E-state index is 13.6. The Hall–Kier alpha value is -2.12. The van der Waals surface area contributed by atoms with Gasteiger partial charge in [-0.1, -0.05) is 36.9 Å². The van der Waals surface area contributed by atoms with Gasteiger partial charge in [-0.25, -0.2) is 8.97 Å². The molecule has 3 heterocycles. The number of hydrogen-bond donors (Lipinski definition) is 0. The first kappa shape index (κ1) is 16.1. The summed E-state index contributed by atoms with van der Waals surface area (Å²) in [6, 6.07) is 7.96. The van der Waals surface area contributed by atoms with Gasteiger partial charge < -0.3 is 0 Å². The number of rotatable bonds is 3. The molecule has 1 aromatic carbocycles. The molecule has 26 heavy (non-hydrogen) atoms. The molecule has 0 aliphatic heterocycles. The Morgan fingerprint density at radius 1 is 1.23 bits per heavy atom. The highest BCUT2D eigenvalue weighted by Crippen LogP contribution is 2.37. The summed E-state index contributed by atoms with van der Waals surface area (Å²) < 4.78 is 3.83. The maximum absolute atomic E-state index is 13.6. The van der Waals surface area contributed by atoms with Crippen molar-refractivity contribution in [3.63, 3.8) is 0 Å². The van der Waals surface area contributed by atoms with E-state index >= 15 is 0 Å². The van der Waals surface area contributed by atoms with Gasteiger partial charge in [-0.2, -0.15) is 0 Å². The molecule has 0 saturated carbocycles. The summed E-state index contributed by atoms with van der Waals surface area (Å²) in [4.78, 5) is 15.9. The molecule has 132 valence electrons. The van der Waals surface area contributed by atoms with Crippen LogP contribution >= 0.6 is 23.1 Å². The third-order valence-corrected chi connectivity index (χ3v) is 7.06. The molecule has 5 nitrogen and oxygen atoms in total. The summed E-state index contributed by atoms with van der Waals surface area (Å²) in [5.41, 5.74) is 3.19. The van der Waals surface area contributed by atoms with Crippen LogP contribution in [0, 0.1) is 6.92 Å². The highest BCUT2D eigenvalue weighted by atomic mass is 32.2. The molecule has 1 aliphatic rings. The van der Waals surface area contributed by atoms with Crippen LogP contribution in [-0.2, 0) is 12.8 Å². The summed E-state index contributed by atoms with van der Waals surface area (Å²) in [7, 11) is 0. The topological polar surface area (TPSA) is 52.2 Å². The summed E-state index contributed by atoms with van der Waals surface area (Å²) in [6.07, 6.45) is 3.19. The van der Waals surface area contributed by atoms with Crippen LogP contribution in [0.3, 0.4) is 0 Å². The fraction of sp³-hybridized carbons (Fsp3) is 0.316. The van der Waals surface area contributed by atoms with Crippen molar-refractivity contribution in [2.75, 3.05) is 5.75 Å². The standard InChI is InChI=1S/C19H18N4OS2/c1-3-25-19-21-20-18-22(13-9-5-4-7-11(13)2)16(24)15-12-8-6-10-14(12)26-17(15)23(18)19/h4-5,7,9H,3,6,8,10H2,1-2H3. The molecule has 0 spiro atoms. The molecule has 1 aliphatic carbocycles. The van der Waals surface area contributed by atoms with Gasteiger partial charge in [0, 0.05) is 4.88 Å². The van der Waals surface area contributed by atoms with E-state index < -0.39 is 0 Å². The van der Waals surface area contributed by atoms with Crippen molar-refractivity contribution < 1.29 is 0 Å². The molecular formula is C19H18N4OS2. The summed E-state index contributed by atoms with van der Waals surface area (Å²) >= 11 is 3.40. The van der Waals surface area contributed by atoms with Crippen LogP contribution in [0.5, 0.6) is 0 Å². The second-order valence-corrected chi connectivity index (χ2v) is 8.83. The van der Waals surface area contributed by atoms with Crippen molar-refractivity contribution in [1.29, 1.82) is 0 Å². The minimum Gasteiger partial charge on any atom is -0.268 e. The third kappa shape index (κ3) is 2.13. The van der Waals surface area contributed by atoms with Crippen molar-refractivity contribution in [2.45, 2.75) is 38.3 Å². The highest BCUT2D eigenvalue weighted by Gasteiger charge is 2.26. The minimum absolute atomic E-state index is 0.0293. The van der Waals surface area contributed by atoms with Crippen LogP contribution < -0.4 is 5.56 Å². The van der Waals surface area contributed by atoms with Crippen molar-refractivity contribution in [1.82, 2.24) is 19.2 Å². The molecule has 0 atom stereocenters. The predicted molar refractivity (Wildman–Crippen MR) is 107 cm³/mol. The van der Waals surface area contributed by atoms with Gasteiger partial charge in [0.25, 0.3) is 5.56 Å². The Labute approximate surface area is 158 Å². The molecule has 0 bridgehead atoms. The monoisotopic (exact) mass is 382 g/mol. The lowest BCUT2D eigenvalue weighted by atomic mass is 10.1. The van der Waals surface area contributed by atoms with E-state index in [1.165, 1.54) is 10.4 Å². The lowest BCUT2D eigenvalue weighted by molar-refractivity contribution is 0.909. The van der Waals surface area contributed by atoms with Crippen molar-refractivity contribution >= 4 is 39.1 Å².